The van der Waals surface area contributed by atoms with E-state index in [1.807, 2.05) is 104 Å². The Balaban J connectivity index is 0.000000188. The van der Waals surface area contributed by atoms with Gasteiger partial charge in [-0.15, -0.1) is 0 Å². The molecule has 9 rings (SSSR count). The number of halogens is 2. The molecule has 0 aliphatic carbocycles. The third kappa shape index (κ3) is 17.7. The van der Waals surface area contributed by atoms with Crippen LogP contribution in [0.5, 0.6) is 5.75 Å². The number of aryl methyl sites for hydroxylation is 3. The van der Waals surface area contributed by atoms with Crippen LogP contribution >= 0.6 is 23.2 Å². The summed E-state index contributed by atoms with van der Waals surface area (Å²) in [5.74, 6) is 0.577. The van der Waals surface area contributed by atoms with Crippen molar-refractivity contribution >= 4 is 87.3 Å². The molecule has 79 heavy (non-hydrogen) atoms. The summed E-state index contributed by atoms with van der Waals surface area (Å²) in [6.45, 7) is 8.34. The number of anilines is 1. The third-order valence-electron chi connectivity index (χ3n) is 13.1. The zero-order valence-corrected chi connectivity index (χ0v) is 48.8. The smallest absolute Gasteiger partial charge is 0.264 e. The van der Waals surface area contributed by atoms with E-state index in [9.17, 15) is 21.9 Å². The Labute approximate surface area is 478 Å². The molecule has 0 aliphatic rings. The monoisotopic (exact) mass is 1140 g/mol. The number of aliphatic hydroxyl groups excluding tert-OH is 1. The highest BCUT2D eigenvalue weighted by Crippen LogP contribution is 2.30. The zero-order valence-electron chi connectivity index (χ0n) is 45.7. The number of nitrogens with two attached hydrogens (primary N) is 1. The molecule has 0 atom stereocenters. The van der Waals surface area contributed by atoms with Gasteiger partial charge in [-0.05, 0) is 134 Å². The van der Waals surface area contributed by atoms with Crippen molar-refractivity contribution < 1.29 is 26.7 Å². The van der Waals surface area contributed by atoms with Crippen LogP contribution in [0.1, 0.15) is 53.5 Å². The molecule has 0 saturated heterocycles. The van der Waals surface area contributed by atoms with Gasteiger partial charge in [-0.25, -0.2) is 21.6 Å². The SMILES string of the molecule is COc1ccc(S(=O)(=O)N(CCO)c2ccccc2CN(C)C/C=C/c2ccc(C)cc2)cc1.Cc1cccc2c(Cl)cccc12.Cc1cccc2c(Cl)cccc12.NCCCCCCNS(=O)(=O)c1cccc2ccccc12. The van der Waals surface area contributed by atoms with Crippen molar-refractivity contribution in [2.24, 2.45) is 5.73 Å². The summed E-state index contributed by atoms with van der Waals surface area (Å²) in [6.07, 6.45) is 8.04. The molecule has 9 aromatic carbocycles. The highest BCUT2D eigenvalue weighted by molar-refractivity contribution is 7.92. The van der Waals surface area contributed by atoms with Gasteiger partial charge in [-0.3, -0.25) is 9.21 Å². The molecule has 0 spiro atoms. The molecular formula is C65H72Cl2N4O6S2. The lowest BCUT2D eigenvalue weighted by atomic mass is 10.1. The topological polar surface area (TPSA) is 142 Å². The number of fused-ring (bicyclic) bond motifs is 3. The van der Waals surface area contributed by atoms with Crippen LogP contribution in [0.2, 0.25) is 10.0 Å². The summed E-state index contributed by atoms with van der Waals surface area (Å²) in [5, 5.41) is 17.8. The Bertz CT molecular complexity index is 3460. The van der Waals surface area contributed by atoms with Crippen LogP contribution in [0.3, 0.4) is 0 Å². The van der Waals surface area contributed by atoms with Crippen molar-refractivity contribution in [3.8, 4) is 5.75 Å². The molecule has 0 heterocycles. The fourth-order valence-corrected chi connectivity index (χ4v) is 12.1. The molecule has 0 amide bonds. The average molecular weight is 1140 g/mol. The Kier molecular flexibility index (Phi) is 23.9. The van der Waals surface area contributed by atoms with Crippen molar-refractivity contribution in [1.29, 1.82) is 0 Å². The zero-order chi connectivity index (χ0) is 56.8. The number of hydrogen-bond donors (Lipinski definition) is 3. The van der Waals surface area contributed by atoms with Crippen LogP contribution in [-0.2, 0) is 26.6 Å². The molecule has 9 aromatic rings. The van der Waals surface area contributed by atoms with E-state index in [0.29, 0.717) is 42.5 Å². The first kappa shape index (κ1) is 61.6. The van der Waals surface area contributed by atoms with Gasteiger partial charge in [0.2, 0.25) is 10.0 Å². The van der Waals surface area contributed by atoms with E-state index in [2.05, 4.69) is 91.1 Å². The van der Waals surface area contributed by atoms with E-state index in [0.717, 1.165) is 68.4 Å². The van der Waals surface area contributed by atoms with Crippen molar-refractivity contribution in [2.75, 3.05) is 51.2 Å². The van der Waals surface area contributed by atoms with Gasteiger partial charge in [0.1, 0.15) is 5.75 Å². The fraction of sp³-hybridized carbons (Fsp3) is 0.231. The number of likely N-dealkylation sites (N-methyl/N-ethyl adjacent to an activating group) is 1. The molecule has 14 heteroatoms. The first-order chi connectivity index (χ1) is 38.1. The number of nitrogens with one attached hydrogen (secondary N) is 1. The molecule has 0 aliphatic heterocycles. The lowest BCUT2D eigenvalue weighted by Gasteiger charge is -2.27. The van der Waals surface area contributed by atoms with E-state index in [1.165, 1.54) is 51.0 Å². The van der Waals surface area contributed by atoms with Gasteiger partial charge in [0.05, 0.1) is 35.7 Å². The van der Waals surface area contributed by atoms with Gasteiger partial charge < -0.3 is 15.6 Å². The summed E-state index contributed by atoms with van der Waals surface area (Å²) >= 11 is 12.1. The minimum atomic E-state index is -3.87. The lowest BCUT2D eigenvalue weighted by molar-refractivity contribution is 0.306. The average Bonchev–Trinajstić information content (AvgIpc) is 3.54. The maximum atomic E-state index is 13.5. The van der Waals surface area contributed by atoms with Crippen molar-refractivity contribution in [3.63, 3.8) is 0 Å². The number of benzene rings is 9. The number of aliphatic hydroxyl groups is 1. The third-order valence-corrected chi connectivity index (χ3v) is 17.1. The van der Waals surface area contributed by atoms with Crippen molar-refractivity contribution in [2.45, 2.75) is 62.8 Å². The van der Waals surface area contributed by atoms with Crippen molar-refractivity contribution in [1.82, 2.24) is 9.62 Å². The minimum Gasteiger partial charge on any atom is -0.497 e. The quantitative estimate of drug-likeness (QED) is 0.0680. The van der Waals surface area contributed by atoms with Crippen LogP contribution < -0.4 is 19.5 Å². The Hall–Kier alpha value is -6.58. The largest absolute Gasteiger partial charge is 0.497 e. The van der Waals surface area contributed by atoms with Gasteiger partial charge in [0.15, 0.2) is 0 Å². The standard InChI is InChI=1S/C27H32N2O4S.C16H22N2O2S.2C11H9Cl/c1-22-10-12-23(13-11-22)7-6-18-28(2)21-24-8-4-5-9-27(24)29(19-20-30)34(31,32)26-16-14-25(33-3)15-17-26;17-12-5-1-2-6-13-18-21(19,20)16-11-7-9-14-8-3-4-10-15(14)16;2*1-8-4-2-6-10-9(8)5-3-7-11(10)12/h4-17,30H,18-21H2,1-3H3;3-4,7-11,18H,1-2,5-6,12-13,17H2;2*2-7H,1H3/b7-6+;;;. The second kappa shape index (κ2) is 30.7. The predicted molar refractivity (Wildman–Crippen MR) is 332 cm³/mol. The molecule has 0 unspecified atom stereocenters. The summed E-state index contributed by atoms with van der Waals surface area (Å²) in [7, 11) is -3.80. The van der Waals surface area contributed by atoms with Gasteiger partial charge in [-0.1, -0.05) is 193 Å². The van der Waals surface area contributed by atoms with E-state index in [4.69, 9.17) is 33.7 Å². The molecule has 0 aromatic heterocycles. The van der Waals surface area contributed by atoms with Crippen LogP contribution in [0.4, 0.5) is 5.69 Å². The van der Waals surface area contributed by atoms with E-state index in [-0.39, 0.29) is 18.0 Å². The normalized spacial score (nSPS) is 11.4. The highest BCUT2D eigenvalue weighted by Gasteiger charge is 2.27. The second-order valence-corrected chi connectivity index (χ2v) is 23.4. The minimum absolute atomic E-state index is 0.0393. The van der Waals surface area contributed by atoms with Crippen LogP contribution in [0.25, 0.3) is 38.4 Å². The molecule has 0 saturated carbocycles. The summed E-state index contributed by atoms with van der Waals surface area (Å²) in [4.78, 5) is 2.61. The number of ether oxygens (including phenoxy) is 1. The molecule has 0 radical (unpaired) electrons. The number of para-hydroxylation sites is 1. The van der Waals surface area contributed by atoms with Gasteiger partial charge in [-0.2, -0.15) is 0 Å². The summed E-state index contributed by atoms with van der Waals surface area (Å²) < 4.78 is 60.8. The van der Waals surface area contributed by atoms with Crippen LogP contribution in [0.15, 0.2) is 204 Å². The van der Waals surface area contributed by atoms with Crippen molar-refractivity contribution in [3.05, 3.63) is 232 Å². The number of unbranched alkanes of at least 4 members (excludes halogenated alkanes) is 3. The summed E-state index contributed by atoms with van der Waals surface area (Å²) in [6, 6.07) is 59.2. The number of sulfonamides is 2. The molecule has 4 N–H and O–H groups in total. The Morgan fingerprint density at radius 1 is 0.608 bits per heavy atom. The summed E-state index contributed by atoms with van der Waals surface area (Å²) in [5.41, 5.74) is 11.8. The number of rotatable bonds is 19. The maximum Gasteiger partial charge on any atom is 0.264 e. The van der Waals surface area contributed by atoms with Gasteiger partial charge in [0, 0.05) is 45.8 Å². The maximum absolute atomic E-state index is 13.5. The van der Waals surface area contributed by atoms with Gasteiger partial charge in [0.25, 0.3) is 10.0 Å². The van der Waals surface area contributed by atoms with Gasteiger partial charge >= 0.3 is 0 Å². The van der Waals surface area contributed by atoms with Crippen LogP contribution in [0, 0.1) is 20.8 Å². The molecular weight excluding hydrogens is 1070 g/mol. The Morgan fingerprint density at radius 3 is 1.76 bits per heavy atom. The predicted octanol–water partition coefficient (Wildman–Crippen LogP) is 14.6. The fourth-order valence-electron chi connectivity index (χ4n) is 8.82. The highest BCUT2D eigenvalue weighted by atomic mass is 35.5. The molecule has 0 fully saturated rings. The number of nitrogens with zero attached hydrogens (tertiary/aromatic N) is 2. The second-order valence-electron chi connectivity index (χ2n) is 19.0. The van der Waals surface area contributed by atoms with E-state index < -0.39 is 20.0 Å². The molecule has 0 bridgehead atoms. The van der Waals surface area contributed by atoms with E-state index in [1.54, 1.807) is 30.3 Å². The molecule has 414 valence electrons. The first-order valence-electron chi connectivity index (χ1n) is 26.3. The van der Waals surface area contributed by atoms with Crippen LogP contribution in [-0.4, -0.2) is 73.8 Å². The Morgan fingerprint density at radius 2 is 1.15 bits per heavy atom. The lowest BCUT2D eigenvalue weighted by Crippen LogP contribution is -2.35. The van der Waals surface area contributed by atoms with E-state index >= 15 is 0 Å². The number of hydrogen-bond acceptors (Lipinski definition) is 8. The first-order valence-corrected chi connectivity index (χ1v) is 30.0. The number of methoxy groups -OCH3 is 1. The molecule has 10 nitrogen and oxygen atoms in total.